The molecule has 2 heterocycles. The predicted octanol–water partition coefficient (Wildman–Crippen LogP) is 8.06. The zero-order valence-corrected chi connectivity index (χ0v) is 19.4. The highest BCUT2D eigenvalue weighted by atomic mass is 35.5. The number of benzene rings is 2. The first kappa shape index (κ1) is 23.4. The Balaban J connectivity index is 1.59. The van der Waals surface area contributed by atoms with Crippen LogP contribution in [-0.2, 0) is 6.18 Å². The zero-order valence-electron chi connectivity index (χ0n) is 17.0. The number of thioether (sulfide) groups is 1. The second-order valence-corrected chi connectivity index (χ2v) is 8.63. The molecule has 1 aliphatic heterocycles. The number of hydrogen-bond acceptors (Lipinski definition) is 5. The van der Waals surface area contributed by atoms with Crippen LogP contribution in [0.15, 0.2) is 63.9 Å². The molecule has 4 rings (SSSR count). The number of nitrogens with zero attached hydrogens (tertiary/aromatic N) is 1. The Labute approximate surface area is 202 Å². The van der Waals surface area contributed by atoms with Gasteiger partial charge < -0.3 is 9.15 Å². The van der Waals surface area contributed by atoms with Gasteiger partial charge in [-0.15, -0.1) is 0 Å². The van der Waals surface area contributed by atoms with Gasteiger partial charge in [-0.2, -0.15) is 13.2 Å². The molecule has 1 amide bonds. The molecule has 0 N–H and O–H groups in total. The van der Waals surface area contributed by atoms with Gasteiger partial charge in [-0.3, -0.25) is 9.69 Å². The minimum Gasteiger partial charge on any atom is -0.494 e. The Bertz CT molecular complexity index is 1250. The second kappa shape index (κ2) is 9.24. The molecule has 1 aromatic heterocycles. The number of thiocarbonyl (C=S) groups is 1. The summed E-state index contributed by atoms with van der Waals surface area (Å²) in [5.74, 6) is 1.17. The van der Waals surface area contributed by atoms with E-state index in [4.69, 9.17) is 33.0 Å². The number of ether oxygens (including phenoxy) is 1. The van der Waals surface area contributed by atoms with E-state index >= 15 is 0 Å². The molecule has 33 heavy (non-hydrogen) atoms. The normalized spacial score (nSPS) is 15.5. The van der Waals surface area contributed by atoms with Gasteiger partial charge in [0.05, 0.1) is 27.8 Å². The maximum Gasteiger partial charge on any atom is 0.416 e. The van der Waals surface area contributed by atoms with Crippen molar-refractivity contribution in [1.82, 2.24) is 0 Å². The molecule has 0 unspecified atom stereocenters. The lowest BCUT2D eigenvalue weighted by Crippen LogP contribution is -2.26. The van der Waals surface area contributed by atoms with Crippen LogP contribution in [0.4, 0.5) is 23.7 Å². The fourth-order valence-corrected chi connectivity index (χ4v) is 4.61. The number of halogens is 4. The third-order valence-corrected chi connectivity index (χ3v) is 6.41. The maximum absolute atomic E-state index is 13.1. The van der Waals surface area contributed by atoms with Gasteiger partial charge >= 0.3 is 6.18 Å². The lowest BCUT2D eigenvalue weighted by atomic mass is 10.1. The highest BCUT2D eigenvalue weighted by molar-refractivity contribution is 8.20. The van der Waals surface area contributed by atoms with Crippen LogP contribution in [0.1, 0.15) is 18.2 Å². The molecule has 1 saturated heterocycles. The Kier molecular flexibility index (Phi) is 6.56. The van der Waals surface area contributed by atoms with Gasteiger partial charge in [0.1, 0.15) is 22.3 Å². The standard InChI is InChI=1S/C23H15ClF3NO3S2/c1-2-30-15-6-4-14(5-7-15)28-21(32)20(33-22(28)29)12-16-8-10-19(31-16)17-11-13(23(25,26)27)3-9-18(17)24/h3-12H,2H2,1H3/b20-12-. The van der Waals surface area contributed by atoms with Crippen LogP contribution >= 0.6 is 35.6 Å². The predicted molar refractivity (Wildman–Crippen MR) is 128 cm³/mol. The van der Waals surface area contributed by atoms with Gasteiger partial charge in [0.2, 0.25) is 0 Å². The first-order valence-corrected chi connectivity index (χ1v) is 11.3. The molecule has 0 bridgehead atoms. The van der Waals surface area contributed by atoms with Gasteiger partial charge in [0, 0.05) is 5.56 Å². The lowest BCUT2D eigenvalue weighted by molar-refractivity contribution is -0.137. The molecule has 0 atom stereocenters. The highest BCUT2D eigenvalue weighted by Gasteiger charge is 2.34. The van der Waals surface area contributed by atoms with E-state index in [0.717, 1.165) is 23.9 Å². The number of amides is 1. The van der Waals surface area contributed by atoms with E-state index in [1.165, 1.54) is 17.0 Å². The molecular formula is C23H15ClF3NO3S2. The van der Waals surface area contributed by atoms with Gasteiger partial charge in [0.15, 0.2) is 0 Å². The van der Waals surface area contributed by atoms with E-state index in [9.17, 15) is 18.0 Å². The number of carbonyl (C=O) groups is 1. The number of hydrogen-bond donors (Lipinski definition) is 0. The van der Waals surface area contributed by atoms with Crippen molar-refractivity contribution in [2.75, 3.05) is 11.5 Å². The molecule has 0 radical (unpaired) electrons. The van der Waals surface area contributed by atoms with Crippen molar-refractivity contribution in [3.63, 3.8) is 0 Å². The van der Waals surface area contributed by atoms with Crippen LogP contribution in [0.3, 0.4) is 0 Å². The van der Waals surface area contributed by atoms with Gasteiger partial charge in [-0.25, -0.2) is 0 Å². The number of rotatable bonds is 5. The number of carbonyl (C=O) groups excluding carboxylic acids is 1. The monoisotopic (exact) mass is 509 g/mol. The van der Waals surface area contributed by atoms with Crippen molar-refractivity contribution in [2.24, 2.45) is 0 Å². The molecule has 1 fully saturated rings. The second-order valence-electron chi connectivity index (χ2n) is 6.84. The van der Waals surface area contributed by atoms with Gasteiger partial charge in [-0.05, 0) is 79.4 Å². The van der Waals surface area contributed by atoms with Crippen LogP contribution in [0.5, 0.6) is 5.75 Å². The summed E-state index contributed by atoms with van der Waals surface area (Å²) in [7, 11) is 0. The maximum atomic E-state index is 13.1. The molecule has 0 spiro atoms. The summed E-state index contributed by atoms with van der Waals surface area (Å²) in [5.41, 5.74) is -0.118. The molecule has 170 valence electrons. The van der Waals surface area contributed by atoms with Crippen LogP contribution in [0.2, 0.25) is 5.02 Å². The summed E-state index contributed by atoms with van der Waals surface area (Å²) in [6.07, 6.45) is -2.93. The molecule has 0 aliphatic carbocycles. The molecule has 1 aliphatic rings. The fourth-order valence-electron chi connectivity index (χ4n) is 3.14. The Morgan fingerprint density at radius 2 is 1.88 bits per heavy atom. The summed E-state index contributed by atoms with van der Waals surface area (Å²) >= 11 is 12.5. The van der Waals surface area contributed by atoms with Crippen molar-refractivity contribution < 1.29 is 27.1 Å². The molecule has 0 saturated carbocycles. The van der Waals surface area contributed by atoms with Crippen LogP contribution in [0.25, 0.3) is 17.4 Å². The molecule has 3 aromatic rings. The van der Waals surface area contributed by atoms with E-state index in [1.54, 1.807) is 36.4 Å². The first-order chi connectivity index (χ1) is 15.7. The minimum atomic E-state index is -4.51. The van der Waals surface area contributed by atoms with Crippen LogP contribution in [0, 0.1) is 0 Å². The SMILES string of the molecule is CCOc1ccc(N2C(=O)S/C(=C\c3ccc(-c4cc(C(F)(F)F)ccc4Cl)o3)C2=S)cc1. The quantitative estimate of drug-likeness (QED) is 0.257. The molecular weight excluding hydrogens is 495 g/mol. The average Bonchev–Trinajstić information content (AvgIpc) is 3.33. The third-order valence-electron chi connectivity index (χ3n) is 4.66. The Morgan fingerprint density at radius 3 is 2.55 bits per heavy atom. The van der Waals surface area contributed by atoms with Crippen molar-refractivity contribution in [1.29, 1.82) is 0 Å². The highest BCUT2D eigenvalue weighted by Crippen LogP contribution is 2.39. The number of alkyl halides is 3. The van der Waals surface area contributed by atoms with Crippen molar-refractivity contribution in [3.8, 4) is 17.1 Å². The summed E-state index contributed by atoms with van der Waals surface area (Å²) < 4.78 is 50.3. The van der Waals surface area contributed by atoms with Crippen molar-refractivity contribution in [3.05, 3.63) is 75.8 Å². The van der Waals surface area contributed by atoms with Gasteiger partial charge in [-0.1, -0.05) is 23.8 Å². The van der Waals surface area contributed by atoms with E-state index in [1.807, 2.05) is 6.92 Å². The molecule has 4 nitrogen and oxygen atoms in total. The van der Waals surface area contributed by atoms with E-state index in [0.29, 0.717) is 33.7 Å². The largest absolute Gasteiger partial charge is 0.494 e. The molecule has 10 heteroatoms. The van der Waals surface area contributed by atoms with E-state index in [2.05, 4.69) is 0 Å². The van der Waals surface area contributed by atoms with Crippen molar-refractivity contribution in [2.45, 2.75) is 13.1 Å². The summed E-state index contributed by atoms with van der Waals surface area (Å²) in [6, 6.07) is 13.1. The van der Waals surface area contributed by atoms with E-state index in [-0.39, 0.29) is 21.6 Å². The summed E-state index contributed by atoms with van der Waals surface area (Å²) in [5, 5.41) is -0.151. The Hall–Kier alpha value is -2.75. The average molecular weight is 510 g/mol. The first-order valence-electron chi connectivity index (χ1n) is 9.65. The number of anilines is 1. The minimum absolute atomic E-state index is 0.116. The number of furan rings is 1. The molecule has 2 aromatic carbocycles. The van der Waals surface area contributed by atoms with Gasteiger partial charge in [0.25, 0.3) is 5.24 Å². The Morgan fingerprint density at radius 1 is 1.15 bits per heavy atom. The zero-order chi connectivity index (χ0) is 23.8. The van der Waals surface area contributed by atoms with Crippen molar-refractivity contribution >= 4 is 57.6 Å². The summed E-state index contributed by atoms with van der Waals surface area (Å²) in [4.78, 5) is 14.8. The topological polar surface area (TPSA) is 42.7 Å². The summed E-state index contributed by atoms with van der Waals surface area (Å²) in [6.45, 7) is 2.40. The lowest BCUT2D eigenvalue weighted by Gasteiger charge is -2.15. The fraction of sp³-hybridized carbons (Fsp3) is 0.130. The van der Waals surface area contributed by atoms with Crippen LogP contribution < -0.4 is 9.64 Å². The smallest absolute Gasteiger partial charge is 0.416 e. The van der Waals surface area contributed by atoms with Crippen LogP contribution in [-0.4, -0.2) is 16.8 Å². The third kappa shape index (κ3) is 4.95. The van der Waals surface area contributed by atoms with E-state index < -0.39 is 11.7 Å².